The van der Waals surface area contributed by atoms with Crippen LogP contribution in [0.3, 0.4) is 0 Å². The van der Waals surface area contributed by atoms with Gasteiger partial charge in [0.1, 0.15) is 0 Å². The number of nitrogens with zero attached hydrogens (tertiary/aromatic N) is 2. The maximum atomic E-state index is 13.5. The summed E-state index contributed by atoms with van der Waals surface area (Å²) in [6, 6.07) is 0. The van der Waals surface area contributed by atoms with Crippen molar-refractivity contribution in [2.45, 2.75) is 51.5 Å². The van der Waals surface area contributed by atoms with Gasteiger partial charge in [0.25, 0.3) is 0 Å². The Morgan fingerprint density at radius 2 is 1.85 bits per heavy atom. The summed E-state index contributed by atoms with van der Waals surface area (Å²) < 4.78 is 4.64. The Bertz CT molecular complexity index is 724. The van der Waals surface area contributed by atoms with E-state index >= 15 is 0 Å². The zero-order valence-electron chi connectivity index (χ0n) is 15.1. The molecule has 6 nitrogen and oxygen atoms in total. The first-order chi connectivity index (χ1) is 12.5. The molecule has 2 amide bonds. The molecule has 0 saturated heterocycles. The van der Waals surface area contributed by atoms with E-state index in [1.54, 1.807) is 0 Å². The number of carbonyl (C=O) groups excluding carboxylic acids is 2. The molecule has 2 heterocycles. The van der Waals surface area contributed by atoms with E-state index in [0.717, 1.165) is 60.6 Å². The minimum atomic E-state index is -0.502. The van der Waals surface area contributed by atoms with Gasteiger partial charge in [-0.1, -0.05) is 11.3 Å². The van der Waals surface area contributed by atoms with Crippen molar-refractivity contribution in [1.29, 1.82) is 0 Å². The number of methoxy groups -OCH3 is 1. The molecule has 0 atom stereocenters. The number of anilines is 1. The molecule has 1 N–H and O–H groups in total. The molecule has 26 heavy (non-hydrogen) atoms. The monoisotopic (exact) mass is 375 g/mol. The molecule has 1 aromatic rings. The molecular weight excluding hydrogens is 350 g/mol. The number of rotatable bonds is 2. The Balaban J connectivity index is 1.33. The van der Waals surface area contributed by atoms with Gasteiger partial charge in [0, 0.05) is 17.8 Å². The van der Waals surface area contributed by atoms with Crippen LogP contribution in [-0.4, -0.2) is 35.5 Å². The Labute approximate surface area is 157 Å². The van der Waals surface area contributed by atoms with E-state index in [1.165, 1.54) is 37.7 Å². The predicted octanol–water partition coefficient (Wildman–Crippen LogP) is 3.42. The van der Waals surface area contributed by atoms with Crippen LogP contribution in [0.5, 0.6) is 0 Å². The van der Waals surface area contributed by atoms with Gasteiger partial charge in [-0.25, -0.2) is 9.78 Å². The van der Waals surface area contributed by atoms with Crippen LogP contribution in [0, 0.1) is 23.2 Å². The van der Waals surface area contributed by atoms with Crippen LogP contribution in [0.1, 0.15) is 49.1 Å². The Morgan fingerprint density at radius 3 is 2.46 bits per heavy atom. The molecule has 7 heteroatoms. The number of carbonyl (C=O) groups is 2. The van der Waals surface area contributed by atoms with Crippen molar-refractivity contribution in [3.05, 3.63) is 10.6 Å². The second-order valence-corrected chi connectivity index (χ2v) is 9.76. The average molecular weight is 375 g/mol. The highest BCUT2D eigenvalue weighted by Crippen LogP contribution is 2.60. The molecule has 0 radical (unpaired) electrons. The number of fused-ring (bicyclic) bond motifs is 1. The maximum Gasteiger partial charge on any atom is 0.413 e. The molecule has 0 unspecified atom stereocenters. The standard InChI is InChI=1S/C19H25N3O3S/c1-25-18(24)21-17-20-14-2-3-22(10-15(14)26-17)16(23)19-7-11-4-12(8-19)6-13(5-11)9-19/h11-13H,2-10H2,1H3,(H,20,21,24). The third-order valence-corrected chi connectivity index (χ3v) is 7.90. The lowest BCUT2D eigenvalue weighted by Gasteiger charge is -2.56. The van der Waals surface area contributed by atoms with Crippen LogP contribution in [0.25, 0.3) is 0 Å². The van der Waals surface area contributed by atoms with E-state index in [1.807, 2.05) is 0 Å². The summed E-state index contributed by atoms with van der Waals surface area (Å²) in [4.78, 5) is 32.6. The van der Waals surface area contributed by atoms with Crippen LogP contribution in [0.15, 0.2) is 0 Å². The second-order valence-electron chi connectivity index (χ2n) is 8.68. The second kappa shape index (κ2) is 5.94. The highest BCUT2D eigenvalue weighted by molar-refractivity contribution is 7.15. The zero-order chi connectivity index (χ0) is 17.9. The van der Waals surface area contributed by atoms with Gasteiger partial charge in [0.2, 0.25) is 5.91 Å². The fourth-order valence-electron chi connectivity index (χ4n) is 6.27. The van der Waals surface area contributed by atoms with Crippen molar-refractivity contribution in [3.8, 4) is 0 Å². The van der Waals surface area contributed by atoms with Gasteiger partial charge < -0.3 is 9.64 Å². The minimum absolute atomic E-state index is 0.0793. The number of hydrogen-bond acceptors (Lipinski definition) is 5. The lowest BCUT2D eigenvalue weighted by Crippen LogP contribution is -2.55. The molecule has 140 valence electrons. The summed E-state index contributed by atoms with van der Waals surface area (Å²) in [5.41, 5.74) is 0.931. The van der Waals surface area contributed by atoms with Crippen molar-refractivity contribution in [1.82, 2.24) is 9.88 Å². The van der Waals surface area contributed by atoms with Gasteiger partial charge in [-0.3, -0.25) is 10.1 Å². The molecule has 4 fully saturated rings. The predicted molar refractivity (Wildman–Crippen MR) is 97.9 cm³/mol. The van der Waals surface area contributed by atoms with Crippen LogP contribution < -0.4 is 5.32 Å². The fraction of sp³-hybridized carbons (Fsp3) is 0.737. The molecule has 4 saturated carbocycles. The number of hydrogen-bond donors (Lipinski definition) is 1. The van der Waals surface area contributed by atoms with Crippen molar-refractivity contribution in [2.75, 3.05) is 19.0 Å². The minimum Gasteiger partial charge on any atom is -0.453 e. The van der Waals surface area contributed by atoms with Crippen molar-refractivity contribution >= 4 is 28.5 Å². The number of thiazole rings is 1. The molecule has 4 aliphatic carbocycles. The molecular formula is C19H25N3O3S. The van der Waals surface area contributed by atoms with Crippen molar-refractivity contribution in [2.24, 2.45) is 23.2 Å². The van der Waals surface area contributed by atoms with Gasteiger partial charge in [-0.2, -0.15) is 0 Å². The van der Waals surface area contributed by atoms with Crippen LogP contribution in [-0.2, 0) is 22.5 Å². The third-order valence-electron chi connectivity index (χ3n) is 6.90. The molecule has 1 aliphatic heterocycles. The maximum absolute atomic E-state index is 13.5. The van der Waals surface area contributed by atoms with E-state index in [2.05, 4.69) is 19.9 Å². The van der Waals surface area contributed by atoms with E-state index in [9.17, 15) is 9.59 Å². The van der Waals surface area contributed by atoms with E-state index in [-0.39, 0.29) is 5.41 Å². The Morgan fingerprint density at radius 1 is 1.19 bits per heavy atom. The highest BCUT2D eigenvalue weighted by Gasteiger charge is 2.55. The summed E-state index contributed by atoms with van der Waals surface area (Å²) in [6.45, 7) is 1.38. The topological polar surface area (TPSA) is 71.5 Å². The average Bonchev–Trinajstić information content (AvgIpc) is 3.01. The first-order valence-corrected chi connectivity index (χ1v) is 10.5. The lowest BCUT2D eigenvalue weighted by molar-refractivity contribution is -0.158. The Hall–Kier alpha value is -1.63. The molecule has 6 rings (SSSR count). The molecule has 0 spiro atoms. The smallest absolute Gasteiger partial charge is 0.413 e. The number of ether oxygens (including phenoxy) is 1. The van der Waals surface area contributed by atoms with Crippen molar-refractivity contribution in [3.63, 3.8) is 0 Å². The zero-order valence-corrected chi connectivity index (χ0v) is 15.9. The van der Waals surface area contributed by atoms with Gasteiger partial charge in [0.05, 0.1) is 24.8 Å². The highest BCUT2D eigenvalue weighted by atomic mass is 32.1. The summed E-state index contributed by atoms with van der Waals surface area (Å²) in [7, 11) is 1.34. The SMILES string of the molecule is COC(=O)Nc1nc2c(s1)CN(C(=O)C13CC4CC(CC(C4)C1)C3)CC2. The molecule has 4 bridgehead atoms. The summed E-state index contributed by atoms with van der Waals surface area (Å²) in [5, 5.41) is 3.21. The van der Waals surface area contributed by atoms with Crippen molar-refractivity contribution < 1.29 is 14.3 Å². The molecule has 5 aliphatic rings. The van der Waals surface area contributed by atoms with Gasteiger partial charge in [-0.05, 0) is 56.3 Å². The van der Waals surface area contributed by atoms with Crippen LogP contribution >= 0.6 is 11.3 Å². The summed E-state index contributed by atoms with van der Waals surface area (Å²) >= 11 is 1.46. The lowest BCUT2D eigenvalue weighted by atomic mass is 9.49. The van der Waals surface area contributed by atoms with Gasteiger partial charge >= 0.3 is 6.09 Å². The van der Waals surface area contributed by atoms with Crippen LogP contribution in [0.4, 0.5) is 9.93 Å². The number of aromatic nitrogens is 1. The van der Waals surface area contributed by atoms with E-state index in [0.29, 0.717) is 17.6 Å². The van der Waals surface area contributed by atoms with Gasteiger partial charge in [0.15, 0.2) is 5.13 Å². The summed E-state index contributed by atoms with van der Waals surface area (Å²) in [6.07, 6.45) is 7.66. The number of nitrogens with one attached hydrogen (secondary N) is 1. The first-order valence-electron chi connectivity index (χ1n) is 9.67. The largest absolute Gasteiger partial charge is 0.453 e. The first kappa shape index (κ1) is 16.5. The third kappa shape index (κ3) is 2.63. The molecule has 0 aromatic carbocycles. The van der Waals surface area contributed by atoms with E-state index in [4.69, 9.17) is 0 Å². The number of amides is 2. The van der Waals surface area contributed by atoms with Crippen LogP contribution in [0.2, 0.25) is 0 Å². The van der Waals surface area contributed by atoms with E-state index < -0.39 is 6.09 Å². The quantitative estimate of drug-likeness (QED) is 0.860. The van der Waals surface area contributed by atoms with Gasteiger partial charge in [-0.15, -0.1) is 0 Å². The Kier molecular flexibility index (Phi) is 3.78. The normalized spacial score (nSPS) is 34.5. The summed E-state index contributed by atoms with van der Waals surface area (Å²) in [5.74, 6) is 2.73. The fourth-order valence-corrected chi connectivity index (χ4v) is 7.28. The molecule has 1 aromatic heterocycles.